The number of rotatable bonds is 7. The second-order valence-corrected chi connectivity index (χ2v) is 7.97. The van der Waals surface area contributed by atoms with Gasteiger partial charge in [0.15, 0.2) is 10.9 Å². The van der Waals surface area contributed by atoms with Gasteiger partial charge in [0.2, 0.25) is 0 Å². The number of furan rings is 1. The minimum atomic E-state index is -4.56. The van der Waals surface area contributed by atoms with E-state index in [9.17, 15) is 22.8 Å². The minimum absolute atomic E-state index is 0.0233. The standard InChI is InChI=1S/C23H17F3N4O3S/c24-23(25,26)13-29-20(31)15-7-1-3-8-17(15)30-21(32)19-16(12-34-22-27-10-5-11-28-22)14-6-2-4-9-18(14)33-19/h1-11H,12-13H2,(H,29,31)(H,30,32). The lowest BCUT2D eigenvalue weighted by atomic mass is 10.1. The summed E-state index contributed by atoms with van der Waals surface area (Å²) < 4.78 is 43.3. The maximum Gasteiger partial charge on any atom is 0.405 e. The second kappa shape index (κ2) is 9.96. The summed E-state index contributed by atoms with van der Waals surface area (Å²) in [4.78, 5) is 33.8. The summed E-state index contributed by atoms with van der Waals surface area (Å²) >= 11 is 1.31. The van der Waals surface area contributed by atoms with E-state index in [0.717, 1.165) is 5.39 Å². The van der Waals surface area contributed by atoms with Crippen LogP contribution in [0, 0.1) is 0 Å². The first-order chi connectivity index (χ1) is 16.3. The number of nitrogens with one attached hydrogen (secondary N) is 2. The van der Waals surface area contributed by atoms with Crippen molar-refractivity contribution in [1.82, 2.24) is 15.3 Å². The molecule has 2 aromatic carbocycles. The fraction of sp³-hybridized carbons (Fsp3) is 0.130. The Kier molecular flexibility index (Phi) is 6.82. The van der Waals surface area contributed by atoms with Crippen LogP contribution in [0.1, 0.15) is 26.5 Å². The van der Waals surface area contributed by atoms with Crippen LogP contribution < -0.4 is 10.6 Å². The Hall–Kier alpha value is -3.86. The SMILES string of the molecule is O=C(NCC(F)(F)F)c1ccccc1NC(=O)c1oc2ccccc2c1CSc1ncccn1. The average molecular weight is 486 g/mol. The van der Waals surface area contributed by atoms with Crippen molar-refractivity contribution < 1.29 is 27.2 Å². The molecule has 174 valence electrons. The lowest BCUT2D eigenvalue weighted by Crippen LogP contribution is -2.34. The quantitative estimate of drug-likeness (QED) is 0.280. The van der Waals surface area contributed by atoms with Crippen LogP contribution in [0.5, 0.6) is 0 Å². The fourth-order valence-electron chi connectivity index (χ4n) is 3.17. The molecule has 11 heteroatoms. The predicted octanol–water partition coefficient (Wildman–Crippen LogP) is 5.06. The summed E-state index contributed by atoms with van der Waals surface area (Å²) in [6.45, 7) is -1.49. The lowest BCUT2D eigenvalue weighted by Gasteiger charge is -2.12. The van der Waals surface area contributed by atoms with Crippen molar-refractivity contribution in [3.63, 3.8) is 0 Å². The highest BCUT2D eigenvalue weighted by atomic mass is 32.2. The topological polar surface area (TPSA) is 97.1 Å². The highest BCUT2D eigenvalue weighted by Crippen LogP contribution is 2.31. The van der Waals surface area contributed by atoms with E-state index in [0.29, 0.717) is 22.1 Å². The zero-order chi connectivity index (χ0) is 24.1. The molecule has 0 fully saturated rings. The predicted molar refractivity (Wildman–Crippen MR) is 121 cm³/mol. The maximum absolute atomic E-state index is 13.2. The summed E-state index contributed by atoms with van der Waals surface area (Å²) in [5.74, 6) is -1.25. The third-order valence-electron chi connectivity index (χ3n) is 4.66. The smallest absolute Gasteiger partial charge is 0.405 e. The summed E-state index contributed by atoms with van der Waals surface area (Å²) in [5, 5.41) is 5.65. The van der Waals surface area contributed by atoms with E-state index in [-0.39, 0.29) is 17.0 Å². The van der Waals surface area contributed by atoms with E-state index >= 15 is 0 Å². The highest BCUT2D eigenvalue weighted by molar-refractivity contribution is 7.98. The van der Waals surface area contributed by atoms with Gasteiger partial charge in [0.25, 0.3) is 11.8 Å². The van der Waals surface area contributed by atoms with E-state index in [2.05, 4.69) is 15.3 Å². The molecule has 0 bridgehead atoms. The number of carbonyl (C=O) groups is 2. The first kappa shape index (κ1) is 23.3. The third-order valence-corrected chi connectivity index (χ3v) is 5.56. The Morgan fingerprint density at radius 2 is 1.65 bits per heavy atom. The number of halogens is 3. The molecule has 34 heavy (non-hydrogen) atoms. The normalized spacial score (nSPS) is 11.4. The average Bonchev–Trinajstić information content (AvgIpc) is 3.20. The largest absolute Gasteiger partial charge is 0.451 e. The van der Waals surface area contributed by atoms with Crippen LogP contribution in [0.15, 0.2) is 76.6 Å². The highest BCUT2D eigenvalue weighted by Gasteiger charge is 2.29. The number of benzene rings is 2. The Morgan fingerprint density at radius 3 is 2.41 bits per heavy atom. The van der Waals surface area contributed by atoms with Gasteiger partial charge in [-0.05, 0) is 24.3 Å². The minimum Gasteiger partial charge on any atom is -0.451 e. The fourth-order valence-corrected chi connectivity index (χ4v) is 4.00. The second-order valence-electron chi connectivity index (χ2n) is 7.02. The van der Waals surface area contributed by atoms with E-state index in [4.69, 9.17) is 4.42 Å². The zero-order valence-electron chi connectivity index (χ0n) is 17.4. The van der Waals surface area contributed by atoms with Crippen molar-refractivity contribution in [2.45, 2.75) is 17.1 Å². The molecular formula is C23H17F3N4O3S. The Bertz CT molecular complexity index is 1330. The molecule has 7 nitrogen and oxygen atoms in total. The molecule has 2 amide bonds. The van der Waals surface area contributed by atoms with Crippen molar-refractivity contribution >= 4 is 40.2 Å². The van der Waals surface area contributed by atoms with E-state index in [1.165, 1.54) is 30.0 Å². The third kappa shape index (κ3) is 5.54. The maximum atomic E-state index is 13.2. The van der Waals surface area contributed by atoms with Gasteiger partial charge in [-0.15, -0.1) is 0 Å². The first-order valence-corrected chi connectivity index (χ1v) is 11.0. The van der Waals surface area contributed by atoms with E-state index in [1.54, 1.807) is 36.7 Å². The van der Waals surface area contributed by atoms with Crippen molar-refractivity contribution in [2.75, 3.05) is 11.9 Å². The summed E-state index contributed by atoms with van der Waals surface area (Å²) in [6.07, 6.45) is -1.34. The van der Waals surface area contributed by atoms with Crippen LogP contribution in [0.25, 0.3) is 11.0 Å². The molecule has 2 heterocycles. The number of para-hydroxylation sites is 2. The number of anilines is 1. The number of aromatic nitrogens is 2. The van der Waals surface area contributed by atoms with Crippen LogP contribution in [0.2, 0.25) is 0 Å². The van der Waals surface area contributed by atoms with Gasteiger partial charge in [-0.3, -0.25) is 9.59 Å². The number of nitrogens with zero attached hydrogens (tertiary/aromatic N) is 2. The Balaban J connectivity index is 1.60. The van der Waals surface area contributed by atoms with Gasteiger partial charge in [-0.1, -0.05) is 42.1 Å². The summed E-state index contributed by atoms with van der Waals surface area (Å²) in [5.41, 5.74) is 1.04. The number of hydrogen-bond donors (Lipinski definition) is 2. The molecule has 0 saturated heterocycles. The van der Waals surface area contributed by atoms with Gasteiger partial charge in [0, 0.05) is 29.1 Å². The van der Waals surface area contributed by atoms with Crippen LogP contribution in [-0.2, 0) is 5.75 Å². The van der Waals surface area contributed by atoms with Crippen molar-refractivity contribution in [1.29, 1.82) is 0 Å². The van der Waals surface area contributed by atoms with E-state index in [1.807, 2.05) is 17.4 Å². The van der Waals surface area contributed by atoms with Crippen LogP contribution in [0.3, 0.4) is 0 Å². The van der Waals surface area contributed by atoms with E-state index < -0.39 is 24.5 Å². The lowest BCUT2D eigenvalue weighted by molar-refractivity contribution is -0.123. The molecule has 0 aliphatic carbocycles. The van der Waals surface area contributed by atoms with Crippen LogP contribution >= 0.6 is 11.8 Å². The number of alkyl halides is 3. The number of amides is 2. The van der Waals surface area contributed by atoms with Gasteiger partial charge in [-0.2, -0.15) is 13.2 Å². The van der Waals surface area contributed by atoms with Gasteiger partial charge >= 0.3 is 6.18 Å². The number of fused-ring (bicyclic) bond motifs is 1. The number of hydrogen-bond acceptors (Lipinski definition) is 6. The van der Waals surface area contributed by atoms with Crippen molar-refractivity contribution in [3.8, 4) is 0 Å². The molecule has 2 N–H and O–H groups in total. The molecule has 0 aliphatic rings. The zero-order valence-corrected chi connectivity index (χ0v) is 18.2. The van der Waals surface area contributed by atoms with Crippen LogP contribution in [0.4, 0.5) is 18.9 Å². The van der Waals surface area contributed by atoms with Gasteiger partial charge in [0.1, 0.15) is 12.1 Å². The Labute approximate surface area is 195 Å². The Morgan fingerprint density at radius 1 is 0.941 bits per heavy atom. The molecule has 0 unspecified atom stereocenters. The molecule has 0 saturated carbocycles. The molecule has 4 rings (SSSR count). The monoisotopic (exact) mass is 486 g/mol. The van der Waals surface area contributed by atoms with Gasteiger partial charge in [0.05, 0.1) is 11.3 Å². The molecule has 0 radical (unpaired) electrons. The molecule has 0 aliphatic heterocycles. The number of carbonyl (C=O) groups excluding carboxylic acids is 2. The molecule has 4 aromatic rings. The molecule has 2 aromatic heterocycles. The number of thioether (sulfide) groups is 1. The summed E-state index contributed by atoms with van der Waals surface area (Å²) in [6, 6.07) is 14.6. The molecular weight excluding hydrogens is 469 g/mol. The van der Waals surface area contributed by atoms with Crippen LogP contribution in [-0.4, -0.2) is 34.5 Å². The molecule has 0 atom stereocenters. The molecule has 0 spiro atoms. The van der Waals surface area contributed by atoms with Gasteiger partial charge in [-0.25, -0.2) is 9.97 Å². The van der Waals surface area contributed by atoms with Gasteiger partial charge < -0.3 is 15.1 Å². The van der Waals surface area contributed by atoms with Crippen molar-refractivity contribution in [3.05, 3.63) is 83.9 Å². The van der Waals surface area contributed by atoms with Crippen molar-refractivity contribution in [2.24, 2.45) is 0 Å². The summed E-state index contributed by atoms with van der Waals surface area (Å²) in [7, 11) is 0. The first-order valence-electron chi connectivity index (χ1n) is 9.97.